The number of hydrogen-bond acceptors (Lipinski definition) is 6. The third kappa shape index (κ3) is 18.1. The normalized spacial score (nSPS) is 11.4. The quantitative estimate of drug-likeness (QED) is 0.348. The minimum Gasteiger partial charge on any atom is -0.378 e. The van der Waals surface area contributed by atoms with Gasteiger partial charge in [0.1, 0.15) is 0 Å². The van der Waals surface area contributed by atoms with E-state index in [1.807, 2.05) is 13.8 Å². The Kier molecular flexibility index (Phi) is 16.3. The maximum absolute atomic E-state index is 5.38. The monoisotopic (exact) mass is 295 g/mol. The first-order valence-corrected chi connectivity index (χ1v) is 7.57. The van der Waals surface area contributed by atoms with Crippen molar-refractivity contribution in [1.29, 1.82) is 0 Å². The molecule has 19 heavy (non-hydrogen) atoms. The van der Waals surface area contributed by atoms with Gasteiger partial charge in [0.15, 0.2) is 0 Å². The summed E-state index contributed by atoms with van der Waals surface area (Å²) in [5.41, 5.74) is 0. The number of thiol groups is 1. The standard InChI is InChI=1S/C13H29NO4S/c1-13(2)18-11-10-17-9-8-16-7-6-15-5-3-14-4-12-19/h13-14,19H,3-12H2,1-2H3. The molecule has 0 aromatic heterocycles. The van der Waals surface area contributed by atoms with E-state index < -0.39 is 0 Å². The zero-order chi connectivity index (χ0) is 14.2. The van der Waals surface area contributed by atoms with Gasteiger partial charge >= 0.3 is 0 Å². The van der Waals surface area contributed by atoms with Gasteiger partial charge in [-0.05, 0) is 13.8 Å². The Morgan fingerprint density at radius 1 is 0.789 bits per heavy atom. The van der Waals surface area contributed by atoms with Crippen molar-refractivity contribution in [3.8, 4) is 0 Å². The average Bonchev–Trinajstić information content (AvgIpc) is 2.39. The number of nitrogens with one attached hydrogen (secondary N) is 1. The van der Waals surface area contributed by atoms with Crippen molar-refractivity contribution in [2.24, 2.45) is 0 Å². The van der Waals surface area contributed by atoms with Gasteiger partial charge in [-0.1, -0.05) is 0 Å². The molecule has 5 nitrogen and oxygen atoms in total. The third-order valence-corrected chi connectivity index (χ3v) is 2.36. The maximum atomic E-state index is 5.38. The Balaban J connectivity index is 2.91. The summed E-state index contributed by atoms with van der Waals surface area (Å²) in [6.45, 7) is 10.2. The van der Waals surface area contributed by atoms with Crippen LogP contribution in [0.15, 0.2) is 0 Å². The van der Waals surface area contributed by atoms with Crippen LogP contribution in [0.4, 0.5) is 0 Å². The molecule has 0 bridgehead atoms. The lowest BCUT2D eigenvalue weighted by Gasteiger charge is -2.09. The van der Waals surface area contributed by atoms with Crippen molar-refractivity contribution < 1.29 is 18.9 Å². The van der Waals surface area contributed by atoms with Crippen LogP contribution in [0.3, 0.4) is 0 Å². The summed E-state index contributed by atoms with van der Waals surface area (Å²) in [6, 6.07) is 0. The fraction of sp³-hybridized carbons (Fsp3) is 1.00. The number of ether oxygens (including phenoxy) is 4. The zero-order valence-electron chi connectivity index (χ0n) is 12.2. The SMILES string of the molecule is CC(C)OCCOCCOCCOCCNCCS. The molecule has 0 aromatic carbocycles. The molecule has 0 saturated heterocycles. The number of rotatable bonds is 15. The molecule has 0 aliphatic heterocycles. The van der Waals surface area contributed by atoms with Crippen molar-refractivity contribution in [3.05, 3.63) is 0 Å². The van der Waals surface area contributed by atoms with E-state index in [2.05, 4.69) is 17.9 Å². The summed E-state index contributed by atoms with van der Waals surface area (Å²) >= 11 is 4.10. The summed E-state index contributed by atoms with van der Waals surface area (Å²) < 4.78 is 21.4. The fourth-order valence-corrected chi connectivity index (χ4v) is 1.39. The summed E-state index contributed by atoms with van der Waals surface area (Å²) in [5.74, 6) is 0.852. The Hall–Kier alpha value is 0.150. The van der Waals surface area contributed by atoms with E-state index in [1.54, 1.807) is 0 Å². The fourth-order valence-electron chi connectivity index (χ4n) is 1.23. The minimum absolute atomic E-state index is 0.263. The Labute approximate surface area is 122 Å². The van der Waals surface area contributed by atoms with Gasteiger partial charge in [-0.2, -0.15) is 12.6 Å². The predicted molar refractivity (Wildman–Crippen MR) is 80.3 cm³/mol. The minimum atomic E-state index is 0.263. The van der Waals surface area contributed by atoms with Crippen molar-refractivity contribution in [2.75, 3.05) is 65.1 Å². The molecule has 1 N–H and O–H groups in total. The second-order valence-electron chi connectivity index (χ2n) is 4.23. The van der Waals surface area contributed by atoms with E-state index in [9.17, 15) is 0 Å². The van der Waals surface area contributed by atoms with Crippen molar-refractivity contribution in [2.45, 2.75) is 20.0 Å². The third-order valence-electron chi connectivity index (χ3n) is 2.13. The van der Waals surface area contributed by atoms with Crippen LogP contribution >= 0.6 is 12.6 Å². The molecule has 0 heterocycles. The molecule has 0 amide bonds. The molecule has 0 unspecified atom stereocenters. The Morgan fingerprint density at radius 2 is 1.32 bits per heavy atom. The van der Waals surface area contributed by atoms with Crippen LogP contribution in [0, 0.1) is 0 Å². The highest BCUT2D eigenvalue weighted by molar-refractivity contribution is 7.80. The van der Waals surface area contributed by atoms with Gasteiger partial charge < -0.3 is 24.3 Å². The second kappa shape index (κ2) is 16.2. The van der Waals surface area contributed by atoms with Gasteiger partial charge in [-0.3, -0.25) is 0 Å². The largest absolute Gasteiger partial charge is 0.378 e. The molecule has 6 heteroatoms. The lowest BCUT2D eigenvalue weighted by atomic mass is 10.5. The lowest BCUT2D eigenvalue weighted by Crippen LogP contribution is -2.22. The van der Waals surface area contributed by atoms with Gasteiger partial charge in [0.05, 0.1) is 52.4 Å². The maximum Gasteiger partial charge on any atom is 0.0703 e. The molecule has 0 spiro atoms. The molecule has 0 radical (unpaired) electrons. The van der Waals surface area contributed by atoms with Crippen molar-refractivity contribution >= 4 is 12.6 Å². The Bertz CT molecular complexity index is 173. The molecule has 116 valence electrons. The van der Waals surface area contributed by atoms with Crippen molar-refractivity contribution in [3.63, 3.8) is 0 Å². The van der Waals surface area contributed by atoms with E-state index >= 15 is 0 Å². The molecular formula is C13H29NO4S. The molecular weight excluding hydrogens is 266 g/mol. The summed E-state index contributed by atoms with van der Waals surface area (Å²) in [5, 5.41) is 3.20. The summed E-state index contributed by atoms with van der Waals surface area (Å²) in [6.07, 6.45) is 0.263. The van der Waals surface area contributed by atoms with Gasteiger partial charge in [-0.15, -0.1) is 0 Å². The van der Waals surface area contributed by atoms with Crippen LogP contribution in [0.25, 0.3) is 0 Å². The van der Waals surface area contributed by atoms with Crippen molar-refractivity contribution in [1.82, 2.24) is 5.32 Å². The lowest BCUT2D eigenvalue weighted by molar-refractivity contribution is -0.0114. The van der Waals surface area contributed by atoms with E-state index in [1.165, 1.54) is 0 Å². The highest BCUT2D eigenvalue weighted by Crippen LogP contribution is 1.87. The van der Waals surface area contributed by atoms with E-state index in [0.29, 0.717) is 46.2 Å². The van der Waals surface area contributed by atoms with Gasteiger partial charge in [0.25, 0.3) is 0 Å². The summed E-state index contributed by atoms with van der Waals surface area (Å²) in [4.78, 5) is 0. The highest BCUT2D eigenvalue weighted by atomic mass is 32.1. The van der Waals surface area contributed by atoms with Crippen LogP contribution in [0.5, 0.6) is 0 Å². The Morgan fingerprint density at radius 3 is 1.84 bits per heavy atom. The van der Waals surface area contributed by atoms with Gasteiger partial charge in [0.2, 0.25) is 0 Å². The van der Waals surface area contributed by atoms with Crippen LogP contribution in [0.1, 0.15) is 13.8 Å². The zero-order valence-corrected chi connectivity index (χ0v) is 13.1. The molecule has 0 atom stereocenters. The van der Waals surface area contributed by atoms with E-state index in [0.717, 1.165) is 18.8 Å². The topological polar surface area (TPSA) is 49.0 Å². The smallest absolute Gasteiger partial charge is 0.0703 e. The van der Waals surface area contributed by atoms with Crippen LogP contribution in [-0.2, 0) is 18.9 Å². The first kappa shape index (κ1) is 19.1. The molecule has 0 aromatic rings. The molecule has 0 rings (SSSR count). The highest BCUT2D eigenvalue weighted by Gasteiger charge is 1.94. The predicted octanol–water partition coefficient (Wildman–Crippen LogP) is 0.981. The van der Waals surface area contributed by atoms with Crippen LogP contribution < -0.4 is 5.32 Å². The van der Waals surface area contributed by atoms with Gasteiger partial charge in [-0.25, -0.2) is 0 Å². The molecule has 0 saturated carbocycles. The number of hydrogen-bond donors (Lipinski definition) is 2. The van der Waals surface area contributed by atoms with Crippen LogP contribution in [0.2, 0.25) is 0 Å². The first-order valence-electron chi connectivity index (χ1n) is 6.93. The summed E-state index contributed by atoms with van der Waals surface area (Å²) in [7, 11) is 0. The van der Waals surface area contributed by atoms with E-state index in [4.69, 9.17) is 18.9 Å². The average molecular weight is 295 g/mol. The molecule has 0 aliphatic carbocycles. The first-order chi connectivity index (χ1) is 9.27. The van der Waals surface area contributed by atoms with Crippen LogP contribution in [-0.4, -0.2) is 71.2 Å². The molecule has 0 aliphatic rings. The van der Waals surface area contributed by atoms with Gasteiger partial charge in [0, 0.05) is 18.8 Å². The van der Waals surface area contributed by atoms with E-state index in [-0.39, 0.29) is 6.10 Å². The second-order valence-corrected chi connectivity index (χ2v) is 4.68. The molecule has 0 fully saturated rings.